The Morgan fingerprint density at radius 2 is 1.73 bits per heavy atom. The van der Waals surface area contributed by atoms with Crippen molar-refractivity contribution >= 4 is 50.2 Å². The van der Waals surface area contributed by atoms with Crippen LogP contribution in [0, 0.1) is 0 Å². The van der Waals surface area contributed by atoms with Crippen molar-refractivity contribution in [2.75, 3.05) is 17.5 Å². The monoisotopic (exact) mass is 537 g/mol. The van der Waals surface area contributed by atoms with Gasteiger partial charge in [0, 0.05) is 10.6 Å². The molecule has 0 saturated carbocycles. The first kappa shape index (κ1) is 26.0. The van der Waals surface area contributed by atoms with E-state index in [2.05, 4.69) is 10.5 Å². The molecule has 8 nitrogen and oxygen atoms in total. The summed E-state index contributed by atoms with van der Waals surface area (Å²) < 4.78 is 33.8. The molecule has 0 heterocycles. The molecule has 0 aliphatic carbocycles. The van der Waals surface area contributed by atoms with Crippen LogP contribution >= 0.6 is 11.6 Å². The Hall–Kier alpha value is -4.08. The lowest BCUT2D eigenvalue weighted by Crippen LogP contribution is -2.39. The SMILES string of the molecule is CCOc1ccccc1N(CC(=O)N/N=C\c1c(O)ccc2ccccc12)S(=O)(=O)c1ccc(Cl)cc1. The Kier molecular flexibility index (Phi) is 7.95. The summed E-state index contributed by atoms with van der Waals surface area (Å²) in [5, 5.41) is 16.3. The number of nitrogens with zero attached hydrogens (tertiary/aromatic N) is 2. The molecule has 1 amide bonds. The molecular formula is C27H24ClN3O5S. The average Bonchev–Trinajstić information content (AvgIpc) is 2.89. The van der Waals surface area contributed by atoms with E-state index in [1.54, 1.807) is 37.3 Å². The summed E-state index contributed by atoms with van der Waals surface area (Å²) in [7, 11) is -4.18. The van der Waals surface area contributed by atoms with Gasteiger partial charge in [0.15, 0.2) is 0 Å². The van der Waals surface area contributed by atoms with Gasteiger partial charge >= 0.3 is 0 Å². The molecule has 0 saturated heterocycles. The van der Waals surface area contributed by atoms with Gasteiger partial charge < -0.3 is 9.84 Å². The lowest BCUT2D eigenvalue weighted by molar-refractivity contribution is -0.119. The zero-order chi connectivity index (χ0) is 26.4. The van der Waals surface area contributed by atoms with Gasteiger partial charge in [-0.2, -0.15) is 5.10 Å². The predicted octanol–water partition coefficient (Wildman–Crippen LogP) is 4.94. The molecule has 37 heavy (non-hydrogen) atoms. The Morgan fingerprint density at radius 3 is 2.49 bits per heavy atom. The number of halogens is 1. The number of benzene rings is 4. The van der Waals surface area contributed by atoms with E-state index in [-0.39, 0.29) is 16.3 Å². The van der Waals surface area contributed by atoms with Crippen molar-refractivity contribution in [3.8, 4) is 11.5 Å². The van der Waals surface area contributed by atoms with Gasteiger partial charge in [0.2, 0.25) is 0 Å². The number of carbonyl (C=O) groups is 1. The van der Waals surface area contributed by atoms with Crippen LogP contribution in [0.1, 0.15) is 12.5 Å². The van der Waals surface area contributed by atoms with Crippen LogP contribution in [0.15, 0.2) is 94.9 Å². The maximum absolute atomic E-state index is 13.6. The number of ether oxygens (including phenoxy) is 1. The minimum atomic E-state index is -4.18. The normalized spacial score (nSPS) is 11.5. The molecule has 0 bridgehead atoms. The fourth-order valence-electron chi connectivity index (χ4n) is 3.73. The molecular weight excluding hydrogens is 514 g/mol. The fourth-order valence-corrected chi connectivity index (χ4v) is 5.29. The van der Waals surface area contributed by atoms with Crippen molar-refractivity contribution in [3.63, 3.8) is 0 Å². The summed E-state index contributed by atoms with van der Waals surface area (Å²) in [6, 6.07) is 22.9. The highest BCUT2D eigenvalue weighted by molar-refractivity contribution is 7.92. The number of nitrogens with one attached hydrogen (secondary N) is 1. The van der Waals surface area contributed by atoms with Gasteiger partial charge in [-0.05, 0) is 60.2 Å². The maximum atomic E-state index is 13.6. The number of hydrazone groups is 1. The topological polar surface area (TPSA) is 108 Å². The number of phenolic OH excluding ortho intramolecular Hbond substituents is 1. The summed E-state index contributed by atoms with van der Waals surface area (Å²) in [4.78, 5) is 12.9. The maximum Gasteiger partial charge on any atom is 0.264 e. The van der Waals surface area contributed by atoms with Gasteiger partial charge in [-0.1, -0.05) is 54.1 Å². The quantitative estimate of drug-likeness (QED) is 0.232. The third kappa shape index (κ3) is 5.84. The van der Waals surface area contributed by atoms with Crippen molar-refractivity contribution in [2.45, 2.75) is 11.8 Å². The standard InChI is InChI=1S/C27H24ClN3O5S/c1-2-36-26-10-6-5-9-24(26)31(37(34,35)21-14-12-20(28)13-15-21)18-27(33)30-29-17-23-22-8-4-3-7-19(22)11-16-25(23)32/h3-17,32H,2,18H2,1H3,(H,30,33)/b29-17-. The van der Waals surface area contributed by atoms with Crippen LogP contribution in [0.5, 0.6) is 11.5 Å². The van der Waals surface area contributed by atoms with Crippen molar-refractivity contribution in [3.05, 3.63) is 95.5 Å². The van der Waals surface area contributed by atoms with Crippen LogP contribution < -0.4 is 14.5 Å². The molecule has 0 atom stereocenters. The van der Waals surface area contributed by atoms with Gasteiger partial charge in [0.25, 0.3) is 15.9 Å². The first-order valence-electron chi connectivity index (χ1n) is 11.3. The number of fused-ring (bicyclic) bond motifs is 1. The van der Waals surface area contributed by atoms with Gasteiger partial charge in [0.05, 0.1) is 23.4 Å². The van der Waals surface area contributed by atoms with Crippen molar-refractivity contribution < 1.29 is 23.1 Å². The van der Waals surface area contributed by atoms with E-state index in [1.165, 1.54) is 36.5 Å². The molecule has 0 aliphatic rings. The molecule has 4 rings (SSSR count). The summed E-state index contributed by atoms with van der Waals surface area (Å²) in [5.74, 6) is -0.395. The summed E-state index contributed by atoms with van der Waals surface area (Å²) >= 11 is 5.94. The van der Waals surface area contributed by atoms with E-state index in [0.29, 0.717) is 22.9 Å². The number of aromatic hydroxyl groups is 1. The van der Waals surface area contributed by atoms with E-state index < -0.39 is 22.5 Å². The number of rotatable bonds is 9. The zero-order valence-corrected chi connectivity index (χ0v) is 21.4. The van der Waals surface area contributed by atoms with Gasteiger partial charge in [-0.3, -0.25) is 9.10 Å². The van der Waals surface area contributed by atoms with Crippen molar-refractivity contribution in [1.29, 1.82) is 0 Å². The van der Waals surface area contributed by atoms with Gasteiger partial charge in [0.1, 0.15) is 18.0 Å². The molecule has 4 aromatic rings. The second kappa shape index (κ2) is 11.3. The van der Waals surface area contributed by atoms with E-state index in [9.17, 15) is 18.3 Å². The van der Waals surface area contributed by atoms with Crippen molar-refractivity contribution in [2.24, 2.45) is 5.10 Å². The largest absolute Gasteiger partial charge is 0.507 e. The number of carbonyl (C=O) groups excluding carboxylic acids is 1. The molecule has 190 valence electrons. The number of sulfonamides is 1. The van der Waals surface area contributed by atoms with Gasteiger partial charge in [-0.15, -0.1) is 0 Å². The van der Waals surface area contributed by atoms with E-state index in [1.807, 2.05) is 24.3 Å². The molecule has 0 aliphatic heterocycles. The van der Waals surface area contributed by atoms with E-state index in [0.717, 1.165) is 15.1 Å². The molecule has 0 fully saturated rings. The van der Waals surface area contributed by atoms with E-state index in [4.69, 9.17) is 16.3 Å². The van der Waals surface area contributed by atoms with Crippen LogP contribution in [0.4, 0.5) is 5.69 Å². The fraction of sp³-hybridized carbons (Fsp3) is 0.111. The number of amides is 1. The average molecular weight is 538 g/mol. The van der Waals surface area contributed by atoms with Crippen LogP contribution in [0.3, 0.4) is 0 Å². The summed E-state index contributed by atoms with van der Waals surface area (Å²) in [5.41, 5.74) is 2.98. The van der Waals surface area contributed by atoms with Crippen LogP contribution in [0.25, 0.3) is 10.8 Å². The predicted molar refractivity (Wildman–Crippen MR) is 145 cm³/mol. The highest BCUT2D eigenvalue weighted by Gasteiger charge is 2.29. The van der Waals surface area contributed by atoms with Crippen LogP contribution in [-0.4, -0.2) is 38.8 Å². The molecule has 0 unspecified atom stereocenters. The first-order chi connectivity index (χ1) is 17.8. The molecule has 10 heteroatoms. The van der Waals surface area contributed by atoms with Crippen LogP contribution in [-0.2, 0) is 14.8 Å². The Bertz CT molecular complexity index is 1560. The highest BCUT2D eigenvalue weighted by atomic mass is 35.5. The highest BCUT2D eigenvalue weighted by Crippen LogP contribution is 2.32. The second-order valence-electron chi connectivity index (χ2n) is 7.88. The summed E-state index contributed by atoms with van der Waals surface area (Å²) in [6.07, 6.45) is 1.32. The smallest absolute Gasteiger partial charge is 0.264 e. The number of hydrogen-bond donors (Lipinski definition) is 2. The van der Waals surface area contributed by atoms with Crippen molar-refractivity contribution in [1.82, 2.24) is 5.43 Å². The zero-order valence-electron chi connectivity index (χ0n) is 19.8. The molecule has 0 spiro atoms. The number of phenols is 1. The summed E-state index contributed by atoms with van der Waals surface area (Å²) in [6.45, 7) is 1.50. The molecule has 4 aromatic carbocycles. The van der Waals surface area contributed by atoms with Crippen LogP contribution in [0.2, 0.25) is 5.02 Å². The molecule has 0 aromatic heterocycles. The molecule has 0 radical (unpaired) electrons. The Labute approximate surface area is 219 Å². The lowest BCUT2D eigenvalue weighted by Gasteiger charge is -2.25. The third-order valence-corrected chi connectivity index (χ3v) is 7.48. The first-order valence-corrected chi connectivity index (χ1v) is 13.2. The molecule has 2 N–H and O–H groups in total. The second-order valence-corrected chi connectivity index (χ2v) is 10.2. The lowest BCUT2D eigenvalue weighted by atomic mass is 10.0. The Balaban J connectivity index is 1.64. The number of para-hydroxylation sites is 2. The minimum absolute atomic E-state index is 0.00529. The number of anilines is 1. The third-order valence-electron chi connectivity index (χ3n) is 5.45. The van der Waals surface area contributed by atoms with E-state index >= 15 is 0 Å². The van der Waals surface area contributed by atoms with Gasteiger partial charge in [-0.25, -0.2) is 13.8 Å². The minimum Gasteiger partial charge on any atom is -0.507 e. The Morgan fingerprint density at radius 1 is 1.03 bits per heavy atom. The number of hydrogen-bond acceptors (Lipinski definition) is 6.